The third-order valence-electron chi connectivity index (χ3n) is 2.87. The number of carboxylic acid groups (broad SMARTS) is 1. The van der Waals surface area contributed by atoms with Gasteiger partial charge in [0.25, 0.3) is 11.7 Å². The predicted molar refractivity (Wildman–Crippen MR) is 67.9 cm³/mol. The fraction of sp³-hybridized carbons (Fsp3) is 0.231. The molecule has 0 fully saturated rings. The predicted octanol–water partition coefficient (Wildman–Crippen LogP) is 1.11. The molecule has 0 saturated heterocycles. The number of rotatable bonds is 4. The molecule has 104 valence electrons. The van der Waals surface area contributed by atoms with Crippen LogP contribution in [-0.2, 0) is 10.3 Å². The number of hydrogen-bond donors (Lipinski definition) is 2. The summed E-state index contributed by atoms with van der Waals surface area (Å²) in [5, 5.41) is 15.3. The maximum atomic E-state index is 12.0. The lowest BCUT2D eigenvalue weighted by molar-refractivity contribution is -0.144. The maximum Gasteiger partial charge on any atom is 0.333 e. The molecule has 0 aliphatic rings. The van der Waals surface area contributed by atoms with Gasteiger partial charge in [0.05, 0.1) is 0 Å². The van der Waals surface area contributed by atoms with Crippen LogP contribution in [-0.4, -0.2) is 27.1 Å². The van der Waals surface area contributed by atoms with Crippen LogP contribution in [0, 0.1) is 6.92 Å². The summed E-state index contributed by atoms with van der Waals surface area (Å²) in [4.78, 5) is 27.3. The number of carboxylic acids is 1. The average molecular weight is 275 g/mol. The highest BCUT2D eigenvalue weighted by Gasteiger charge is 2.37. The summed E-state index contributed by atoms with van der Waals surface area (Å²) in [6.45, 7) is 2.94. The third-order valence-corrected chi connectivity index (χ3v) is 2.87. The van der Waals surface area contributed by atoms with Gasteiger partial charge in [-0.2, -0.15) is 4.98 Å². The van der Waals surface area contributed by atoms with E-state index in [4.69, 9.17) is 4.52 Å². The SMILES string of the molecule is Cc1nc(C(=O)NC(C)(C(=O)O)c2ccccc2)no1. The zero-order chi connectivity index (χ0) is 14.8. The summed E-state index contributed by atoms with van der Waals surface area (Å²) in [6.07, 6.45) is 0. The van der Waals surface area contributed by atoms with Crippen molar-refractivity contribution < 1.29 is 19.2 Å². The van der Waals surface area contributed by atoms with Gasteiger partial charge in [-0.05, 0) is 12.5 Å². The average Bonchev–Trinajstić information content (AvgIpc) is 2.86. The lowest BCUT2D eigenvalue weighted by Gasteiger charge is -2.26. The van der Waals surface area contributed by atoms with Gasteiger partial charge in [0.15, 0.2) is 5.54 Å². The molecule has 1 unspecified atom stereocenters. The molecule has 0 aliphatic heterocycles. The van der Waals surface area contributed by atoms with Crippen molar-refractivity contribution in [3.8, 4) is 0 Å². The highest BCUT2D eigenvalue weighted by Crippen LogP contribution is 2.21. The molecular formula is C13H13N3O4. The third kappa shape index (κ3) is 2.51. The zero-order valence-electron chi connectivity index (χ0n) is 11.0. The number of nitrogens with one attached hydrogen (secondary N) is 1. The van der Waals surface area contributed by atoms with Crippen molar-refractivity contribution in [2.75, 3.05) is 0 Å². The largest absolute Gasteiger partial charge is 0.479 e. The van der Waals surface area contributed by atoms with E-state index in [1.54, 1.807) is 30.3 Å². The number of benzene rings is 1. The molecule has 2 aromatic rings. The number of aliphatic carboxylic acids is 1. The fourth-order valence-electron chi connectivity index (χ4n) is 1.70. The molecule has 0 radical (unpaired) electrons. The molecule has 1 aromatic carbocycles. The summed E-state index contributed by atoms with van der Waals surface area (Å²) in [6, 6.07) is 8.39. The molecule has 1 aromatic heterocycles. The number of carbonyl (C=O) groups is 2. The van der Waals surface area contributed by atoms with Gasteiger partial charge in [0.2, 0.25) is 5.89 Å². The van der Waals surface area contributed by atoms with Crippen LogP contribution in [0.4, 0.5) is 0 Å². The molecule has 1 heterocycles. The van der Waals surface area contributed by atoms with Crippen LogP contribution in [0.5, 0.6) is 0 Å². The lowest BCUT2D eigenvalue weighted by Crippen LogP contribution is -2.49. The summed E-state index contributed by atoms with van der Waals surface area (Å²) >= 11 is 0. The van der Waals surface area contributed by atoms with Crippen molar-refractivity contribution in [2.45, 2.75) is 19.4 Å². The molecule has 7 heteroatoms. The van der Waals surface area contributed by atoms with Gasteiger partial charge in [-0.3, -0.25) is 4.79 Å². The van der Waals surface area contributed by atoms with Crippen molar-refractivity contribution in [3.05, 3.63) is 47.6 Å². The van der Waals surface area contributed by atoms with E-state index in [9.17, 15) is 14.7 Å². The summed E-state index contributed by atoms with van der Waals surface area (Å²) < 4.78 is 4.70. The summed E-state index contributed by atoms with van der Waals surface area (Å²) in [5.74, 6) is -1.87. The minimum Gasteiger partial charge on any atom is -0.479 e. The van der Waals surface area contributed by atoms with Crippen molar-refractivity contribution >= 4 is 11.9 Å². The molecule has 2 N–H and O–H groups in total. The Labute approximate surface area is 114 Å². The number of amides is 1. The van der Waals surface area contributed by atoms with E-state index in [-0.39, 0.29) is 11.7 Å². The van der Waals surface area contributed by atoms with E-state index in [2.05, 4.69) is 15.5 Å². The van der Waals surface area contributed by atoms with Crippen LogP contribution in [0.25, 0.3) is 0 Å². The van der Waals surface area contributed by atoms with Crippen molar-refractivity contribution in [1.29, 1.82) is 0 Å². The van der Waals surface area contributed by atoms with Gasteiger partial charge in [-0.15, -0.1) is 0 Å². The number of hydrogen-bond acceptors (Lipinski definition) is 5. The molecule has 7 nitrogen and oxygen atoms in total. The molecule has 1 amide bonds. The normalized spacial score (nSPS) is 13.5. The summed E-state index contributed by atoms with van der Waals surface area (Å²) in [5.41, 5.74) is -1.13. The van der Waals surface area contributed by atoms with Gasteiger partial charge in [-0.1, -0.05) is 35.5 Å². The number of nitrogens with zero attached hydrogens (tertiary/aromatic N) is 2. The monoisotopic (exact) mass is 275 g/mol. The Balaban J connectivity index is 2.31. The van der Waals surface area contributed by atoms with E-state index < -0.39 is 17.4 Å². The van der Waals surface area contributed by atoms with Gasteiger partial charge in [-0.25, -0.2) is 4.79 Å². The topological polar surface area (TPSA) is 105 Å². The highest BCUT2D eigenvalue weighted by molar-refractivity contribution is 5.95. The second-order valence-electron chi connectivity index (χ2n) is 4.39. The van der Waals surface area contributed by atoms with E-state index in [1.165, 1.54) is 13.8 Å². The van der Waals surface area contributed by atoms with Gasteiger partial charge >= 0.3 is 5.97 Å². The van der Waals surface area contributed by atoms with E-state index in [0.717, 1.165) is 0 Å². The Bertz CT molecular complexity index is 638. The standard InChI is InChI=1S/C13H13N3O4/c1-8-14-10(16-20-8)11(17)15-13(2,12(18)19)9-6-4-3-5-7-9/h3-7H,1-2H3,(H,15,17)(H,18,19). The smallest absolute Gasteiger partial charge is 0.333 e. The Kier molecular flexibility index (Phi) is 3.51. The first kappa shape index (κ1) is 13.7. The van der Waals surface area contributed by atoms with Crippen LogP contribution in [0.1, 0.15) is 29.0 Å². The fourth-order valence-corrected chi connectivity index (χ4v) is 1.70. The van der Waals surface area contributed by atoms with Gasteiger partial charge < -0.3 is 14.9 Å². The minimum absolute atomic E-state index is 0.203. The second kappa shape index (κ2) is 5.12. The first-order chi connectivity index (χ1) is 9.43. The van der Waals surface area contributed by atoms with Crippen LogP contribution in [0.15, 0.2) is 34.9 Å². The van der Waals surface area contributed by atoms with Gasteiger partial charge in [0.1, 0.15) is 0 Å². The Morgan fingerprint density at radius 1 is 1.30 bits per heavy atom. The van der Waals surface area contributed by atoms with Crippen LogP contribution in [0.2, 0.25) is 0 Å². The molecular weight excluding hydrogens is 262 g/mol. The van der Waals surface area contributed by atoms with Crippen molar-refractivity contribution in [2.24, 2.45) is 0 Å². The first-order valence-corrected chi connectivity index (χ1v) is 5.85. The number of aryl methyl sites for hydroxylation is 1. The van der Waals surface area contributed by atoms with E-state index in [1.807, 2.05) is 0 Å². The van der Waals surface area contributed by atoms with Crippen molar-refractivity contribution in [1.82, 2.24) is 15.5 Å². The van der Waals surface area contributed by atoms with E-state index >= 15 is 0 Å². The summed E-state index contributed by atoms with van der Waals surface area (Å²) in [7, 11) is 0. The van der Waals surface area contributed by atoms with E-state index in [0.29, 0.717) is 5.56 Å². The maximum absolute atomic E-state index is 12.0. The van der Waals surface area contributed by atoms with Crippen molar-refractivity contribution in [3.63, 3.8) is 0 Å². The minimum atomic E-state index is -1.58. The molecule has 20 heavy (non-hydrogen) atoms. The van der Waals surface area contributed by atoms with Crippen LogP contribution in [0.3, 0.4) is 0 Å². The van der Waals surface area contributed by atoms with Gasteiger partial charge in [0, 0.05) is 6.92 Å². The second-order valence-corrected chi connectivity index (χ2v) is 4.39. The molecule has 2 rings (SSSR count). The quantitative estimate of drug-likeness (QED) is 0.865. The first-order valence-electron chi connectivity index (χ1n) is 5.85. The van der Waals surface area contributed by atoms with Crippen LogP contribution < -0.4 is 5.32 Å². The highest BCUT2D eigenvalue weighted by atomic mass is 16.5. The molecule has 0 saturated carbocycles. The van der Waals surface area contributed by atoms with Crippen LogP contribution >= 0.6 is 0 Å². The Hall–Kier alpha value is -2.70. The molecule has 0 bridgehead atoms. The molecule has 1 atom stereocenters. The lowest BCUT2D eigenvalue weighted by atomic mass is 9.92. The number of carbonyl (C=O) groups excluding carboxylic acids is 1. The zero-order valence-corrected chi connectivity index (χ0v) is 11.0. The molecule has 0 spiro atoms. The molecule has 0 aliphatic carbocycles. The Morgan fingerprint density at radius 3 is 2.45 bits per heavy atom. The number of aromatic nitrogens is 2. The Morgan fingerprint density at radius 2 is 1.95 bits per heavy atom.